The summed E-state index contributed by atoms with van der Waals surface area (Å²) < 4.78 is 29.7. The fourth-order valence-electron chi connectivity index (χ4n) is 1.42. The van der Waals surface area contributed by atoms with Crippen molar-refractivity contribution in [2.75, 3.05) is 20.2 Å². The molecule has 0 fully saturated rings. The minimum absolute atomic E-state index is 0.0522. The van der Waals surface area contributed by atoms with Crippen LogP contribution in [0.25, 0.3) is 0 Å². The van der Waals surface area contributed by atoms with E-state index in [4.69, 9.17) is 17.3 Å². The van der Waals surface area contributed by atoms with E-state index in [1.807, 2.05) is 0 Å². The summed E-state index contributed by atoms with van der Waals surface area (Å²) in [5.74, 6) is -1.89. The van der Waals surface area contributed by atoms with Gasteiger partial charge in [0.1, 0.15) is 6.54 Å². The molecule has 0 saturated heterocycles. The number of sulfonamides is 1. The zero-order chi connectivity index (χ0) is 17.6. The highest BCUT2D eigenvalue weighted by Gasteiger charge is 2.23. The lowest BCUT2D eigenvalue weighted by Gasteiger charge is -2.16. The zero-order valence-corrected chi connectivity index (χ0v) is 13.6. The molecule has 3 N–H and O–H groups in total. The average molecular weight is 364 g/mol. The first-order valence-corrected chi connectivity index (χ1v) is 7.91. The van der Waals surface area contributed by atoms with Crippen LogP contribution >= 0.6 is 11.6 Å². The molecule has 0 aliphatic rings. The lowest BCUT2D eigenvalue weighted by Crippen LogP contribution is -2.39. The molecule has 0 atom stereocenters. The topological polar surface area (TPSA) is 136 Å². The lowest BCUT2D eigenvalue weighted by atomic mass is 10.4. The van der Waals surface area contributed by atoms with Crippen LogP contribution in [-0.4, -0.2) is 50.8 Å². The Hall–Kier alpha value is -2.17. The standard InChI is InChI=1S/C12H14ClN3O6S/c1-16(6-11(18)22-7-10(17)15-12(14)19)23(20,21)9-4-2-8(13)3-5-9/h2-5H,6-7H2,1H3,(H3,14,15,17,19). The Labute approximate surface area is 137 Å². The molecule has 1 aromatic rings. The van der Waals surface area contributed by atoms with Gasteiger partial charge < -0.3 is 10.5 Å². The van der Waals surface area contributed by atoms with Gasteiger partial charge in [-0.3, -0.25) is 14.9 Å². The first-order valence-electron chi connectivity index (χ1n) is 6.09. The van der Waals surface area contributed by atoms with Crippen molar-refractivity contribution in [2.24, 2.45) is 5.73 Å². The van der Waals surface area contributed by atoms with Crippen molar-refractivity contribution in [2.45, 2.75) is 4.90 Å². The van der Waals surface area contributed by atoms with Gasteiger partial charge in [-0.15, -0.1) is 0 Å². The molecule has 0 aliphatic carbocycles. The summed E-state index contributed by atoms with van der Waals surface area (Å²) in [7, 11) is -2.73. The number of carbonyl (C=O) groups is 3. The molecule has 126 valence electrons. The molecule has 0 heterocycles. The number of esters is 1. The maximum Gasteiger partial charge on any atom is 0.321 e. The number of rotatable bonds is 6. The maximum absolute atomic E-state index is 12.2. The fourth-order valence-corrected chi connectivity index (χ4v) is 2.66. The molecule has 1 rings (SSSR count). The van der Waals surface area contributed by atoms with Crippen LogP contribution < -0.4 is 11.1 Å². The van der Waals surface area contributed by atoms with Crippen molar-refractivity contribution in [3.63, 3.8) is 0 Å². The van der Waals surface area contributed by atoms with E-state index in [2.05, 4.69) is 4.74 Å². The number of nitrogens with one attached hydrogen (secondary N) is 1. The van der Waals surface area contributed by atoms with Crippen LogP contribution in [0, 0.1) is 0 Å². The number of likely N-dealkylation sites (N-methyl/N-ethyl adjacent to an activating group) is 1. The SMILES string of the molecule is CN(CC(=O)OCC(=O)NC(N)=O)S(=O)(=O)c1ccc(Cl)cc1. The van der Waals surface area contributed by atoms with Crippen LogP contribution in [0.4, 0.5) is 4.79 Å². The van der Waals surface area contributed by atoms with E-state index in [1.54, 1.807) is 5.32 Å². The third-order valence-corrected chi connectivity index (χ3v) is 4.57. The third-order valence-electron chi connectivity index (χ3n) is 2.50. The second kappa shape index (κ2) is 7.90. The van der Waals surface area contributed by atoms with Gasteiger partial charge in [0, 0.05) is 12.1 Å². The average Bonchev–Trinajstić information content (AvgIpc) is 2.44. The molecule has 0 aliphatic heterocycles. The molecule has 1 aromatic carbocycles. The van der Waals surface area contributed by atoms with E-state index < -0.39 is 41.1 Å². The molecule has 0 bridgehead atoms. The normalized spacial score (nSPS) is 11.1. The minimum Gasteiger partial charge on any atom is -0.455 e. The quantitative estimate of drug-likeness (QED) is 0.666. The Bertz CT molecular complexity index is 704. The second-order valence-corrected chi connectivity index (χ2v) is 6.77. The number of halogens is 1. The summed E-state index contributed by atoms with van der Waals surface area (Å²) in [4.78, 5) is 32.9. The van der Waals surface area contributed by atoms with E-state index in [-0.39, 0.29) is 4.90 Å². The van der Waals surface area contributed by atoms with Crippen molar-refractivity contribution < 1.29 is 27.5 Å². The molecule has 0 aromatic heterocycles. The lowest BCUT2D eigenvalue weighted by molar-refractivity contribution is -0.148. The van der Waals surface area contributed by atoms with Crippen LogP contribution in [0.1, 0.15) is 0 Å². The molecule has 0 radical (unpaired) electrons. The Morgan fingerprint density at radius 1 is 1.26 bits per heavy atom. The largest absolute Gasteiger partial charge is 0.455 e. The minimum atomic E-state index is -3.91. The van der Waals surface area contributed by atoms with E-state index >= 15 is 0 Å². The van der Waals surface area contributed by atoms with Gasteiger partial charge in [-0.25, -0.2) is 13.2 Å². The van der Waals surface area contributed by atoms with Gasteiger partial charge in [-0.1, -0.05) is 11.6 Å². The molecular formula is C12H14ClN3O6S. The van der Waals surface area contributed by atoms with Crippen LogP contribution in [0.15, 0.2) is 29.2 Å². The number of hydrogen-bond donors (Lipinski definition) is 2. The Morgan fingerprint density at radius 2 is 1.83 bits per heavy atom. The van der Waals surface area contributed by atoms with Crippen LogP contribution in [0.3, 0.4) is 0 Å². The number of imide groups is 1. The highest BCUT2D eigenvalue weighted by atomic mass is 35.5. The molecule has 0 spiro atoms. The summed E-state index contributed by atoms with van der Waals surface area (Å²) in [5.41, 5.74) is 4.70. The number of benzene rings is 1. The first kappa shape index (κ1) is 18.9. The van der Waals surface area contributed by atoms with Crippen molar-refractivity contribution in [1.29, 1.82) is 0 Å². The first-order chi connectivity index (χ1) is 10.6. The number of carbonyl (C=O) groups excluding carboxylic acids is 3. The molecule has 0 saturated carbocycles. The second-order valence-electron chi connectivity index (χ2n) is 4.29. The van der Waals surface area contributed by atoms with Gasteiger partial charge in [0.25, 0.3) is 5.91 Å². The summed E-state index contributed by atoms with van der Waals surface area (Å²) in [5, 5.41) is 2.06. The molecule has 0 unspecified atom stereocenters. The van der Waals surface area contributed by atoms with Gasteiger partial charge in [0.2, 0.25) is 10.0 Å². The fraction of sp³-hybridized carbons (Fsp3) is 0.250. The predicted molar refractivity (Wildman–Crippen MR) is 80.0 cm³/mol. The Morgan fingerprint density at radius 3 is 2.35 bits per heavy atom. The molecule has 11 heteroatoms. The number of primary amides is 1. The van der Waals surface area contributed by atoms with Gasteiger partial charge in [0.05, 0.1) is 4.90 Å². The smallest absolute Gasteiger partial charge is 0.321 e. The van der Waals surface area contributed by atoms with Gasteiger partial charge in [-0.2, -0.15) is 4.31 Å². The van der Waals surface area contributed by atoms with E-state index in [0.717, 1.165) is 4.31 Å². The van der Waals surface area contributed by atoms with E-state index in [0.29, 0.717) is 5.02 Å². The number of urea groups is 1. The van der Waals surface area contributed by atoms with Crippen LogP contribution in [0.5, 0.6) is 0 Å². The van der Waals surface area contributed by atoms with E-state index in [9.17, 15) is 22.8 Å². The molecular weight excluding hydrogens is 350 g/mol. The monoisotopic (exact) mass is 363 g/mol. The van der Waals surface area contributed by atoms with Crippen LogP contribution in [-0.2, 0) is 24.3 Å². The number of hydrogen-bond acceptors (Lipinski definition) is 6. The summed E-state index contributed by atoms with van der Waals surface area (Å²) >= 11 is 5.68. The van der Waals surface area contributed by atoms with Crippen molar-refractivity contribution in [1.82, 2.24) is 9.62 Å². The van der Waals surface area contributed by atoms with E-state index in [1.165, 1.54) is 31.3 Å². The van der Waals surface area contributed by atoms with Crippen molar-refractivity contribution in [3.8, 4) is 0 Å². The maximum atomic E-state index is 12.2. The summed E-state index contributed by atoms with van der Waals surface area (Å²) in [6.07, 6.45) is 0. The van der Waals surface area contributed by atoms with Crippen molar-refractivity contribution in [3.05, 3.63) is 29.3 Å². The highest BCUT2D eigenvalue weighted by Crippen LogP contribution is 2.17. The Balaban J connectivity index is 2.62. The number of amides is 3. The van der Waals surface area contributed by atoms with Gasteiger partial charge in [0.15, 0.2) is 6.61 Å². The summed E-state index contributed by atoms with van der Waals surface area (Å²) in [6.45, 7) is -1.37. The summed E-state index contributed by atoms with van der Waals surface area (Å²) in [6, 6.07) is 4.29. The molecule has 9 nitrogen and oxygen atoms in total. The molecule has 23 heavy (non-hydrogen) atoms. The van der Waals surface area contributed by atoms with Gasteiger partial charge >= 0.3 is 12.0 Å². The molecule has 3 amide bonds. The third kappa shape index (κ3) is 5.85. The Kier molecular flexibility index (Phi) is 6.49. The number of nitrogens with two attached hydrogens (primary N) is 1. The van der Waals surface area contributed by atoms with Gasteiger partial charge in [-0.05, 0) is 24.3 Å². The van der Waals surface area contributed by atoms with Crippen LogP contribution in [0.2, 0.25) is 5.02 Å². The highest BCUT2D eigenvalue weighted by molar-refractivity contribution is 7.89. The predicted octanol–water partition coefficient (Wildman–Crippen LogP) is -0.301. The zero-order valence-electron chi connectivity index (χ0n) is 12.0. The van der Waals surface area contributed by atoms with Crippen molar-refractivity contribution >= 4 is 39.5 Å². The number of nitrogens with zero attached hydrogens (tertiary/aromatic N) is 1. The number of ether oxygens (including phenoxy) is 1.